The SMILES string of the molecule is CCOC(=O)c1cc(-c2ccccc2)sc1NC(=O)C(C)OC(=O)C=Cc1ccc2c(c1)OCO2. The molecule has 1 aliphatic heterocycles. The van der Waals surface area contributed by atoms with Crippen LogP contribution < -0.4 is 14.8 Å². The summed E-state index contributed by atoms with van der Waals surface area (Å²) in [5.41, 5.74) is 1.86. The Hall–Kier alpha value is -4.11. The first kappa shape index (κ1) is 24.0. The van der Waals surface area contributed by atoms with E-state index in [1.165, 1.54) is 24.3 Å². The number of hydrogen-bond acceptors (Lipinski definition) is 8. The van der Waals surface area contributed by atoms with E-state index in [1.807, 2.05) is 30.3 Å². The Labute approximate surface area is 206 Å². The summed E-state index contributed by atoms with van der Waals surface area (Å²) in [6, 6.07) is 16.4. The Bertz CT molecular complexity index is 1270. The van der Waals surface area contributed by atoms with E-state index >= 15 is 0 Å². The van der Waals surface area contributed by atoms with Crippen LogP contribution in [0.3, 0.4) is 0 Å². The zero-order chi connectivity index (χ0) is 24.8. The summed E-state index contributed by atoms with van der Waals surface area (Å²) in [7, 11) is 0. The van der Waals surface area contributed by atoms with Crippen molar-refractivity contribution in [3.05, 3.63) is 71.8 Å². The molecule has 0 bridgehead atoms. The molecule has 35 heavy (non-hydrogen) atoms. The van der Waals surface area contributed by atoms with E-state index in [9.17, 15) is 14.4 Å². The van der Waals surface area contributed by atoms with Gasteiger partial charge in [-0.25, -0.2) is 9.59 Å². The third-order valence-corrected chi connectivity index (χ3v) is 6.09. The largest absolute Gasteiger partial charge is 0.462 e. The number of benzene rings is 2. The maximum absolute atomic E-state index is 12.7. The van der Waals surface area contributed by atoms with Crippen molar-refractivity contribution in [3.8, 4) is 21.9 Å². The number of rotatable bonds is 8. The molecule has 4 rings (SSSR count). The van der Waals surface area contributed by atoms with Crippen LogP contribution in [0.25, 0.3) is 16.5 Å². The van der Waals surface area contributed by atoms with Crippen molar-refractivity contribution in [1.82, 2.24) is 0 Å². The van der Waals surface area contributed by atoms with Gasteiger partial charge in [0.05, 0.1) is 12.2 Å². The number of hydrogen-bond donors (Lipinski definition) is 1. The minimum absolute atomic E-state index is 0.159. The average Bonchev–Trinajstić information content (AvgIpc) is 3.50. The molecule has 1 unspecified atom stereocenters. The fourth-order valence-electron chi connectivity index (χ4n) is 3.25. The van der Waals surface area contributed by atoms with E-state index < -0.39 is 23.9 Å². The van der Waals surface area contributed by atoms with Gasteiger partial charge in [-0.15, -0.1) is 11.3 Å². The second-order valence-corrected chi connectivity index (χ2v) is 8.51. The van der Waals surface area contributed by atoms with E-state index in [1.54, 1.807) is 37.3 Å². The number of carbonyl (C=O) groups excluding carboxylic acids is 3. The van der Waals surface area contributed by atoms with Crippen molar-refractivity contribution in [2.24, 2.45) is 0 Å². The molecule has 9 heteroatoms. The number of amides is 1. The van der Waals surface area contributed by atoms with E-state index in [2.05, 4.69) is 5.32 Å². The summed E-state index contributed by atoms with van der Waals surface area (Å²) in [6.07, 6.45) is 1.68. The lowest BCUT2D eigenvalue weighted by atomic mass is 10.1. The highest BCUT2D eigenvalue weighted by atomic mass is 32.1. The van der Waals surface area contributed by atoms with Crippen LogP contribution >= 0.6 is 11.3 Å². The van der Waals surface area contributed by atoms with Crippen LogP contribution in [0.4, 0.5) is 5.00 Å². The number of nitrogens with one attached hydrogen (secondary N) is 1. The first-order valence-electron chi connectivity index (χ1n) is 10.9. The molecule has 2 aromatic carbocycles. The maximum atomic E-state index is 12.7. The smallest absolute Gasteiger partial charge is 0.341 e. The Kier molecular flexibility index (Phi) is 7.47. The van der Waals surface area contributed by atoms with Crippen LogP contribution in [-0.4, -0.2) is 37.3 Å². The molecular weight excluding hydrogens is 470 g/mol. The first-order chi connectivity index (χ1) is 16.9. The van der Waals surface area contributed by atoms with Crippen molar-refractivity contribution < 1.29 is 33.3 Å². The highest BCUT2D eigenvalue weighted by Crippen LogP contribution is 2.36. The summed E-state index contributed by atoms with van der Waals surface area (Å²) in [5, 5.41) is 3.02. The topological polar surface area (TPSA) is 100 Å². The fraction of sp³-hybridized carbons (Fsp3) is 0.192. The van der Waals surface area contributed by atoms with Crippen LogP contribution in [0.15, 0.2) is 60.7 Å². The van der Waals surface area contributed by atoms with Gasteiger partial charge in [0.25, 0.3) is 5.91 Å². The monoisotopic (exact) mass is 493 g/mol. The molecule has 1 aliphatic rings. The van der Waals surface area contributed by atoms with Gasteiger partial charge in [-0.2, -0.15) is 0 Å². The predicted molar refractivity (Wildman–Crippen MR) is 131 cm³/mol. The Morgan fingerprint density at radius 3 is 2.63 bits per heavy atom. The van der Waals surface area contributed by atoms with E-state index in [0.717, 1.165) is 16.0 Å². The molecule has 0 aliphatic carbocycles. The summed E-state index contributed by atoms with van der Waals surface area (Å²) in [5.74, 6) is -0.566. The molecule has 0 saturated heterocycles. The second kappa shape index (κ2) is 10.9. The quantitative estimate of drug-likeness (QED) is 0.352. The van der Waals surface area contributed by atoms with Gasteiger partial charge < -0.3 is 24.3 Å². The summed E-state index contributed by atoms with van der Waals surface area (Å²) in [6.45, 7) is 3.52. The van der Waals surface area contributed by atoms with Gasteiger partial charge in [-0.1, -0.05) is 36.4 Å². The van der Waals surface area contributed by atoms with Gasteiger partial charge in [0.15, 0.2) is 17.6 Å². The standard InChI is InChI=1S/C26H23NO7S/c1-3-31-26(30)19-14-22(18-7-5-4-6-8-18)35-25(19)27-24(29)16(2)34-23(28)12-10-17-9-11-20-21(13-17)33-15-32-20/h4-14,16H,3,15H2,1-2H3,(H,27,29). The minimum Gasteiger partial charge on any atom is -0.462 e. The average molecular weight is 494 g/mol. The molecule has 1 amide bonds. The molecule has 0 radical (unpaired) electrons. The zero-order valence-corrected chi connectivity index (χ0v) is 19.9. The van der Waals surface area contributed by atoms with Gasteiger partial charge in [0.1, 0.15) is 5.00 Å². The van der Waals surface area contributed by atoms with Gasteiger partial charge in [-0.3, -0.25) is 4.79 Å². The Morgan fingerprint density at radius 2 is 1.86 bits per heavy atom. The van der Waals surface area contributed by atoms with Crippen LogP contribution in [0, 0.1) is 0 Å². The van der Waals surface area contributed by atoms with Gasteiger partial charge in [-0.05, 0) is 49.2 Å². The highest BCUT2D eigenvalue weighted by Gasteiger charge is 2.23. The van der Waals surface area contributed by atoms with Crippen molar-refractivity contribution >= 4 is 40.3 Å². The summed E-state index contributed by atoms with van der Waals surface area (Å²) < 4.78 is 20.9. The van der Waals surface area contributed by atoms with Crippen LogP contribution in [0.2, 0.25) is 0 Å². The fourth-order valence-corrected chi connectivity index (χ4v) is 4.31. The van der Waals surface area contributed by atoms with Crippen molar-refractivity contribution in [2.75, 3.05) is 18.7 Å². The number of carbonyl (C=O) groups is 3. The number of fused-ring (bicyclic) bond motifs is 1. The number of esters is 2. The van der Waals surface area contributed by atoms with Crippen LogP contribution in [-0.2, 0) is 19.1 Å². The lowest BCUT2D eigenvalue weighted by Gasteiger charge is -2.12. The van der Waals surface area contributed by atoms with E-state index in [-0.39, 0.29) is 19.0 Å². The summed E-state index contributed by atoms with van der Waals surface area (Å²) >= 11 is 1.24. The molecule has 1 atom stereocenters. The van der Waals surface area contributed by atoms with Crippen LogP contribution in [0.1, 0.15) is 29.8 Å². The molecule has 180 valence electrons. The van der Waals surface area contributed by atoms with E-state index in [0.29, 0.717) is 16.5 Å². The van der Waals surface area contributed by atoms with Crippen molar-refractivity contribution in [2.45, 2.75) is 20.0 Å². The molecule has 1 aromatic heterocycles. The molecule has 0 fully saturated rings. The third kappa shape index (κ3) is 5.88. The second-order valence-electron chi connectivity index (χ2n) is 7.45. The molecule has 8 nitrogen and oxygen atoms in total. The van der Waals surface area contributed by atoms with Gasteiger partial charge in [0, 0.05) is 11.0 Å². The first-order valence-corrected chi connectivity index (χ1v) is 11.7. The zero-order valence-electron chi connectivity index (χ0n) is 19.1. The molecule has 1 N–H and O–H groups in total. The van der Waals surface area contributed by atoms with Crippen molar-refractivity contribution in [3.63, 3.8) is 0 Å². The molecule has 0 spiro atoms. The normalized spacial score (nSPS) is 12.9. The lowest BCUT2D eigenvalue weighted by Crippen LogP contribution is -2.29. The maximum Gasteiger partial charge on any atom is 0.341 e. The van der Waals surface area contributed by atoms with Crippen molar-refractivity contribution in [1.29, 1.82) is 0 Å². The van der Waals surface area contributed by atoms with Gasteiger partial charge >= 0.3 is 11.9 Å². The number of ether oxygens (including phenoxy) is 4. The molecule has 3 aromatic rings. The molecule has 0 saturated carbocycles. The molecule has 2 heterocycles. The Morgan fingerprint density at radius 1 is 1.09 bits per heavy atom. The minimum atomic E-state index is -1.10. The Balaban J connectivity index is 1.42. The van der Waals surface area contributed by atoms with Gasteiger partial charge in [0.2, 0.25) is 6.79 Å². The number of thiophene rings is 1. The predicted octanol–water partition coefficient (Wildman–Crippen LogP) is 4.90. The molecular formula is C26H23NO7S. The van der Waals surface area contributed by atoms with E-state index in [4.69, 9.17) is 18.9 Å². The number of anilines is 1. The third-order valence-electron chi connectivity index (χ3n) is 4.99. The van der Waals surface area contributed by atoms with Crippen LogP contribution in [0.5, 0.6) is 11.5 Å². The highest BCUT2D eigenvalue weighted by molar-refractivity contribution is 7.20. The lowest BCUT2D eigenvalue weighted by molar-refractivity contribution is -0.148. The summed E-state index contributed by atoms with van der Waals surface area (Å²) in [4.78, 5) is 38.2.